The van der Waals surface area contributed by atoms with Crippen molar-refractivity contribution >= 4 is 33.4 Å². The van der Waals surface area contributed by atoms with E-state index >= 15 is 0 Å². The van der Waals surface area contributed by atoms with E-state index in [1.807, 2.05) is 24.4 Å². The van der Waals surface area contributed by atoms with Crippen LogP contribution in [-0.2, 0) is 0 Å². The number of hydrogen-bond acceptors (Lipinski definition) is 6. The summed E-state index contributed by atoms with van der Waals surface area (Å²) < 4.78 is 27.6. The molecule has 0 radical (unpaired) electrons. The highest BCUT2D eigenvalue weighted by atomic mass is 32.1. The predicted molar refractivity (Wildman–Crippen MR) is 99.2 cm³/mol. The van der Waals surface area contributed by atoms with Gasteiger partial charge in [0.25, 0.3) is 11.8 Å². The van der Waals surface area contributed by atoms with Gasteiger partial charge in [0.1, 0.15) is 0 Å². The van der Waals surface area contributed by atoms with Gasteiger partial charge in [0, 0.05) is 25.4 Å². The quantitative estimate of drug-likeness (QED) is 0.736. The second kappa shape index (κ2) is 6.80. The highest BCUT2D eigenvalue weighted by Crippen LogP contribution is 2.31. The summed E-state index contributed by atoms with van der Waals surface area (Å²) in [5, 5.41) is 4.97. The van der Waals surface area contributed by atoms with Crippen LogP contribution in [0.25, 0.3) is 10.2 Å². The molecule has 1 atom stereocenters. The SMILES string of the molecule is CC(Nc1nc(C(=O)N2CCC(F)(F)C2)c2sccc2n1)c1cccnc1. The molecule has 1 fully saturated rings. The Labute approximate surface area is 158 Å². The van der Waals surface area contributed by atoms with Gasteiger partial charge in [-0.15, -0.1) is 11.3 Å². The fraction of sp³-hybridized carbons (Fsp3) is 0.333. The number of hydrogen-bond donors (Lipinski definition) is 1. The minimum atomic E-state index is -2.84. The van der Waals surface area contributed by atoms with E-state index in [1.165, 1.54) is 11.3 Å². The van der Waals surface area contributed by atoms with Crippen molar-refractivity contribution < 1.29 is 13.6 Å². The maximum atomic E-state index is 13.5. The van der Waals surface area contributed by atoms with E-state index in [-0.39, 0.29) is 30.6 Å². The number of halogens is 2. The molecule has 27 heavy (non-hydrogen) atoms. The first-order valence-corrected chi connectivity index (χ1v) is 9.40. The fourth-order valence-electron chi connectivity index (χ4n) is 3.04. The molecular formula is C18H17F2N5OS. The van der Waals surface area contributed by atoms with Crippen molar-refractivity contribution in [2.45, 2.75) is 25.3 Å². The number of amides is 1. The van der Waals surface area contributed by atoms with Crippen molar-refractivity contribution in [1.82, 2.24) is 19.9 Å². The van der Waals surface area contributed by atoms with Crippen molar-refractivity contribution in [3.63, 3.8) is 0 Å². The van der Waals surface area contributed by atoms with Gasteiger partial charge >= 0.3 is 0 Å². The molecule has 9 heteroatoms. The lowest BCUT2D eigenvalue weighted by Gasteiger charge is -2.18. The van der Waals surface area contributed by atoms with E-state index in [9.17, 15) is 13.6 Å². The largest absolute Gasteiger partial charge is 0.348 e. The molecule has 3 aromatic rings. The maximum absolute atomic E-state index is 13.5. The zero-order valence-corrected chi connectivity index (χ0v) is 15.3. The van der Waals surface area contributed by atoms with Gasteiger partial charge in [0.2, 0.25) is 5.95 Å². The van der Waals surface area contributed by atoms with E-state index in [1.54, 1.807) is 18.5 Å². The Kier molecular flexibility index (Phi) is 4.47. The van der Waals surface area contributed by atoms with Crippen molar-refractivity contribution in [2.75, 3.05) is 18.4 Å². The first-order valence-electron chi connectivity index (χ1n) is 8.52. The van der Waals surface area contributed by atoms with Gasteiger partial charge < -0.3 is 10.2 Å². The summed E-state index contributed by atoms with van der Waals surface area (Å²) in [5.41, 5.74) is 1.72. The summed E-state index contributed by atoms with van der Waals surface area (Å²) in [6.45, 7) is 1.38. The third-order valence-electron chi connectivity index (χ3n) is 4.49. The Morgan fingerprint density at radius 3 is 2.93 bits per heavy atom. The molecule has 0 aromatic carbocycles. The number of nitrogens with one attached hydrogen (secondary N) is 1. The number of alkyl halides is 2. The standard InChI is InChI=1S/C18H17F2N5OS/c1-11(12-3-2-6-21-9-12)22-17-23-13-4-8-27-15(13)14(24-17)16(26)25-7-5-18(19,20)10-25/h2-4,6,8-9,11H,5,7,10H2,1H3,(H,22,23,24). The third kappa shape index (κ3) is 3.59. The molecular weight excluding hydrogens is 372 g/mol. The molecule has 6 nitrogen and oxygen atoms in total. The van der Waals surface area contributed by atoms with Crippen LogP contribution in [-0.4, -0.2) is 44.8 Å². The molecule has 1 aliphatic heterocycles. The van der Waals surface area contributed by atoms with Crippen LogP contribution in [0, 0.1) is 0 Å². The Bertz CT molecular complexity index is 978. The number of anilines is 1. The monoisotopic (exact) mass is 389 g/mol. The molecule has 1 amide bonds. The topological polar surface area (TPSA) is 71.0 Å². The number of fused-ring (bicyclic) bond motifs is 1. The van der Waals surface area contributed by atoms with E-state index in [2.05, 4.69) is 20.3 Å². The van der Waals surface area contributed by atoms with Gasteiger partial charge in [0.15, 0.2) is 5.69 Å². The van der Waals surface area contributed by atoms with E-state index in [0.29, 0.717) is 10.2 Å². The van der Waals surface area contributed by atoms with Crippen LogP contribution in [0.2, 0.25) is 0 Å². The predicted octanol–water partition coefficient (Wildman–Crippen LogP) is 3.74. The molecule has 0 spiro atoms. The number of carbonyl (C=O) groups is 1. The molecule has 4 rings (SSSR count). The number of nitrogens with zero attached hydrogens (tertiary/aromatic N) is 4. The van der Waals surface area contributed by atoms with Crippen LogP contribution in [0.4, 0.5) is 14.7 Å². The van der Waals surface area contributed by atoms with E-state index < -0.39 is 18.4 Å². The minimum Gasteiger partial charge on any atom is -0.348 e. The molecule has 0 saturated carbocycles. The van der Waals surface area contributed by atoms with Crippen LogP contribution in [0.1, 0.15) is 35.4 Å². The van der Waals surface area contributed by atoms with Crippen molar-refractivity contribution in [1.29, 1.82) is 0 Å². The first kappa shape index (κ1) is 17.7. The van der Waals surface area contributed by atoms with Gasteiger partial charge in [-0.3, -0.25) is 9.78 Å². The second-order valence-electron chi connectivity index (χ2n) is 6.52. The number of likely N-dealkylation sites (tertiary alicyclic amines) is 1. The second-order valence-corrected chi connectivity index (χ2v) is 7.43. The smallest absolute Gasteiger partial charge is 0.274 e. The molecule has 1 aliphatic rings. The van der Waals surface area contributed by atoms with Gasteiger partial charge in [-0.25, -0.2) is 18.7 Å². The average Bonchev–Trinajstić information content (AvgIpc) is 3.27. The normalized spacial score (nSPS) is 17.2. The Hall–Kier alpha value is -2.68. The highest BCUT2D eigenvalue weighted by molar-refractivity contribution is 7.17. The molecule has 4 heterocycles. The van der Waals surface area contributed by atoms with Gasteiger partial charge in [-0.1, -0.05) is 6.07 Å². The number of pyridine rings is 1. The van der Waals surface area contributed by atoms with Crippen molar-refractivity contribution in [3.05, 3.63) is 47.2 Å². The molecule has 1 unspecified atom stereocenters. The Morgan fingerprint density at radius 1 is 1.37 bits per heavy atom. The maximum Gasteiger partial charge on any atom is 0.274 e. The summed E-state index contributed by atoms with van der Waals surface area (Å²) >= 11 is 1.33. The Morgan fingerprint density at radius 2 is 2.22 bits per heavy atom. The zero-order valence-electron chi connectivity index (χ0n) is 14.5. The molecule has 140 valence electrons. The highest BCUT2D eigenvalue weighted by Gasteiger charge is 2.41. The van der Waals surface area contributed by atoms with Gasteiger partial charge in [-0.05, 0) is 30.0 Å². The molecule has 0 aliphatic carbocycles. The summed E-state index contributed by atoms with van der Waals surface area (Å²) in [6.07, 6.45) is 3.10. The summed E-state index contributed by atoms with van der Waals surface area (Å²) in [4.78, 5) is 26.9. The third-order valence-corrected chi connectivity index (χ3v) is 5.40. The lowest BCUT2D eigenvalue weighted by atomic mass is 10.1. The summed E-state index contributed by atoms with van der Waals surface area (Å²) in [7, 11) is 0. The van der Waals surface area contributed by atoms with Gasteiger partial charge in [0.05, 0.1) is 22.8 Å². The first-order chi connectivity index (χ1) is 12.9. The van der Waals surface area contributed by atoms with E-state index in [4.69, 9.17) is 0 Å². The number of thiophene rings is 1. The molecule has 1 saturated heterocycles. The number of carbonyl (C=O) groups excluding carboxylic acids is 1. The van der Waals surface area contributed by atoms with E-state index in [0.717, 1.165) is 10.5 Å². The molecule has 3 aromatic heterocycles. The summed E-state index contributed by atoms with van der Waals surface area (Å²) in [5.74, 6) is -3.04. The van der Waals surface area contributed by atoms with Crippen LogP contribution < -0.4 is 5.32 Å². The lowest BCUT2D eigenvalue weighted by Crippen LogP contribution is -2.32. The van der Waals surface area contributed by atoms with Crippen LogP contribution in [0.3, 0.4) is 0 Å². The lowest BCUT2D eigenvalue weighted by molar-refractivity contribution is 0.0120. The molecule has 0 bridgehead atoms. The average molecular weight is 389 g/mol. The fourth-order valence-corrected chi connectivity index (χ4v) is 3.85. The number of rotatable bonds is 4. The number of aromatic nitrogens is 3. The molecule has 1 N–H and O–H groups in total. The van der Waals surface area contributed by atoms with Crippen LogP contribution in [0.15, 0.2) is 36.0 Å². The van der Waals surface area contributed by atoms with Gasteiger partial charge in [-0.2, -0.15) is 0 Å². The Balaban J connectivity index is 1.65. The van der Waals surface area contributed by atoms with Crippen molar-refractivity contribution in [3.8, 4) is 0 Å². The van der Waals surface area contributed by atoms with Crippen LogP contribution in [0.5, 0.6) is 0 Å². The van der Waals surface area contributed by atoms with Crippen LogP contribution >= 0.6 is 11.3 Å². The zero-order chi connectivity index (χ0) is 19.0. The summed E-state index contributed by atoms with van der Waals surface area (Å²) in [6, 6.07) is 5.41. The van der Waals surface area contributed by atoms with Crippen molar-refractivity contribution in [2.24, 2.45) is 0 Å². The minimum absolute atomic E-state index is 0.0254.